The van der Waals surface area contributed by atoms with Crippen LogP contribution in [0.2, 0.25) is 0 Å². The largest absolute Gasteiger partial charge is 2.00 e. The molecule has 0 heterocycles. The van der Waals surface area contributed by atoms with E-state index in [-0.39, 0.29) is 39.6 Å². The molecule has 5 heteroatoms. The predicted molar refractivity (Wildman–Crippen MR) is 104 cm³/mol. The van der Waals surface area contributed by atoms with Crippen LogP contribution in [0, 0.1) is 0 Å². The van der Waals surface area contributed by atoms with Gasteiger partial charge < -0.3 is 10.2 Å². The zero-order chi connectivity index (χ0) is 20.5. The third-order valence-electron chi connectivity index (χ3n) is 3.87. The van der Waals surface area contributed by atoms with Gasteiger partial charge in [-0.15, -0.1) is 24.7 Å². The Kier molecular flexibility index (Phi) is 21.4. The van der Waals surface area contributed by atoms with Crippen molar-refractivity contribution in [3.05, 3.63) is 48.0 Å². The summed E-state index contributed by atoms with van der Waals surface area (Å²) in [4.78, 5) is 21.9. The molecule has 0 aliphatic carbocycles. The molecule has 0 unspecified atom stereocenters. The van der Waals surface area contributed by atoms with Crippen LogP contribution >= 0.6 is 0 Å². The third kappa shape index (κ3) is 17.6. The van der Waals surface area contributed by atoms with E-state index in [2.05, 4.69) is 13.2 Å². The zero-order valence-electron chi connectivity index (χ0n) is 17.2. The fourth-order valence-electron chi connectivity index (χ4n) is 2.38. The first-order valence-corrected chi connectivity index (χ1v) is 9.16. The van der Waals surface area contributed by atoms with Crippen molar-refractivity contribution in [2.75, 3.05) is 0 Å². The second-order valence-electron chi connectivity index (χ2n) is 6.25. The molecular formula is C22H34NiO4. The van der Waals surface area contributed by atoms with E-state index >= 15 is 0 Å². The normalized spacial score (nSPS) is 11.7. The monoisotopic (exact) mass is 420 g/mol. The Morgan fingerprint density at radius 1 is 0.704 bits per heavy atom. The average Bonchev–Trinajstić information content (AvgIpc) is 2.53. The minimum atomic E-state index is -0.0916. The van der Waals surface area contributed by atoms with Gasteiger partial charge in [-0.05, 0) is 76.4 Å². The van der Waals surface area contributed by atoms with E-state index in [0.717, 1.165) is 38.5 Å². The zero-order valence-corrected chi connectivity index (χ0v) is 18.2. The van der Waals surface area contributed by atoms with Gasteiger partial charge in [0.2, 0.25) is 0 Å². The molecule has 0 atom stereocenters. The van der Waals surface area contributed by atoms with E-state index in [9.17, 15) is 19.8 Å². The molecular weight excluding hydrogens is 387 g/mol. The maximum atomic E-state index is 11.0. The van der Waals surface area contributed by atoms with Gasteiger partial charge in [0.25, 0.3) is 0 Å². The minimum Gasteiger partial charge on any atom is -0.875 e. The average molecular weight is 421 g/mol. The predicted octanol–water partition coefficient (Wildman–Crippen LogP) is 3.91. The molecule has 0 radical (unpaired) electrons. The van der Waals surface area contributed by atoms with Gasteiger partial charge >= 0.3 is 16.5 Å². The number of carbonyl (C=O) groups excluding carboxylic acids is 2. The van der Waals surface area contributed by atoms with Crippen LogP contribution in [0.5, 0.6) is 0 Å². The molecule has 0 saturated heterocycles. The quantitative estimate of drug-likeness (QED) is 0.157. The molecule has 0 rings (SSSR count). The molecule has 0 bridgehead atoms. The number of hydrogen-bond donors (Lipinski definition) is 0. The maximum absolute atomic E-state index is 11.0. The fourth-order valence-corrected chi connectivity index (χ4v) is 2.38. The summed E-state index contributed by atoms with van der Waals surface area (Å²) in [5, 5.41) is 21.9. The second-order valence-corrected chi connectivity index (χ2v) is 6.25. The Morgan fingerprint density at radius 2 is 1.00 bits per heavy atom. The summed E-state index contributed by atoms with van der Waals surface area (Å²) in [6.07, 6.45) is 10.6. The second kappa shape index (κ2) is 19.2. The molecule has 0 aliphatic heterocycles. The molecule has 0 amide bonds. The van der Waals surface area contributed by atoms with Gasteiger partial charge in [0.05, 0.1) is 0 Å². The fraction of sp³-hybridized carbons (Fsp3) is 0.545. The number of carbonyl (C=O) groups is 2. The molecule has 27 heavy (non-hydrogen) atoms. The molecule has 4 nitrogen and oxygen atoms in total. The van der Waals surface area contributed by atoms with Crippen LogP contribution in [0.25, 0.3) is 0 Å². The SMILES string of the molecule is C=CCCCC/C(C(C)=O)=C(\C)[O-].C=CCCCC/C(C(C)=O)=C(\C)[O-].[Ni+2]. The van der Waals surface area contributed by atoms with Gasteiger partial charge in [-0.2, -0.15) is 0 Å². The number of hydrogen-bond acceptors (Lipinski definition) is 4. The summed E-state index contributed by atoms with van der Waals surface area (Å²) in [5.41, 5.74) is 0.896. The van der Waals surface area contributed by atoms with Crippen LogP contribution in [-0.4, -0.2) is 11.6 Å². The molecule has 0 fully saturated rings. The van der Waals surface area contributed by atoms with Crippen molar-refractivity contribution in [3.63, 3.8) is 0 Å². The summed E-state index contributed by atoms with van der Waals surface area (Å²) in [7, 11) is 0. The van der Waals surface area contributed by atoms with E-state index < -0.39 is 0 Å². The van der Waals surface area contributed by atoms with Crippen molar-refractivity contribution < 1.29 is 36.3 Å². The summed E-state index contributed by atoms with van der Waals surface area (Å²) < 4.78 is 0. The molecule has 0 aromatic carbocycles. The standard InChI is InChI=1S/2C11H18O2.Ni/c2*1-4-5-6-7-8-11(9(2)12)10(3)13;/h2*4,12H,1,5-8H2,2-3H3;/q;;+2/p-2/b2*11-9-;. The third-order valence-corrected chi connectivity index (χ3v) is 3.87. The van der Waals surface area contributed by atoms with Crippen LogP contribution in [0.3, 0.4) is 0 Å². The number of allylic oxidation sites excluding steroid dienone is 6. The van der Waals surface area contributed by atoms with E-state index in [1.165, 1.54) is 27.7 Å². The van der Waals surface area contributed by atoms with Gasteiger partial charge in [0.15, 0.2) is 11.6 Å². The number of unbranched alkanes of at least 4 members (excludes halogenated alkanes) is 4. The van der Waals surface area contributed by atoms with Crippen molar-refractivity contribution in [1.29, 1.82) is 0 Å². The van der Waals surface area contributed by atoms with Crippen LogP contribution < -0.4 is 10.2 Å². The van der Waals surface area contributed by atoms with Crippen LogP contribution in [0.4, 0.5) is 0 Å². The van der Waals surface area contributed by atoms with Crippen molar-refractivity contribution in [3.8, 4) is 0 Å². The first-order chi connectivity index (χ1) is 12.2. The smallest absolute Gasteiger partial charge is 0.875 e. The Morgan fingerprint density at radius 3 is 1.19 bits per heavy atom. The minimum absolute atomic E-state index is 0. The molecule has 0 aromatic heterocycles. The number of ketones is 2. The van der Waals surface area contributed by atoms with Crippen molar-refractivity contribution in [2.24, 2.45) is 0 Å². The number of Topliss-reactive ketones (excluding diaryl/α,β-unsaturated/α-hetero) is 2. The van der Waals surface area contributed by atoms with Gasteiger partial charge in [-0.3, -0.25) is 9.59 Å². The van der Waals surface area contributed by atoms with E-state index in [1.54, 1.807) is 0 Å². The van der Waals surface area contributed by atoms with Crippen molar-refractivity contribution >= 4 is 11.6 Å². The Labute approximate surface area is 175 Å². The molecule has 156 valence electrons. The van der Waals surface area contributed by atoms with Gasteiger partial charge in [0, 0.05) is 0 Å². The topological polar surface area (TPSA) is 80.3 Å². The molecule has 0 N–H and O–H groups in total. The molecule has 0 saturated carbocycles. The van der Waals surface area contributed by atoms with Crippen molar-refractivity contribution in [1.82, 2.24) is 0 Å². The summed E-state index contributed by atoms with van der Waals surface area (Å²) in [6.45, 7) is 13.0. The van der Waals surface area contributed by atoms with Crippen molar-refractivity contribution in [2.45, 2.75) is 79.1 Å². The molecule has 0 spiro atoms. The van der Waals surface area contributed by atoms with E-state index in [4.69, 9.17) is 0 Å². The van der Waals surface area contributed by atoms with E-state index in [0.29, 0.717) is 24.0 Å². The molecule has 0 aromatic rings. The first-order valence-electron chi connectivity index (χ1n) is 9.16. The molecule has 0 aliphatic rings. The Bertz CT molecular complexity index is 474. The van der Waals surface area contributed by atoms with E-state index in [1.807, 2.05) is 12.2 Å². The van der Waals surface area contributed by atoms with Crippen LogP contribution in [0.15, 0.2) is 48.0 Å². The van der Waals surface area contributed by atoms with Crippen LogP contribution in [0.1, 0.15) is 79.1 Å². The summed E-state index contributed by atoms with van der Waals surface area (Å²) in [6, 6.07) is 0. The maximum Gasteiger partial charge on any atom is 2.00 e. The number of rotatable bonds is 12. The first kappa shape index (κ1) is 30.1. The van der Waals surface area contributed by atoms with Gasteiger partial charge in [-0.25, -0.2) is 0 Å². The van der Waals surface area contributed by atoms with Gasteiger partial charge in [0.1, 0.15) is 0 Å². The summed E-state index contributed by atoms with van der Waals surface area (Å²) in [5.74, 6) is -0.366. The Balaban J connectivity index is -0.000000411. The summed E-state index contributed by atoms with van der Waals surface area (Å²) >= 11 is 0. The Hall–Kier alpha value is -1.61. The van der Waals surface area contributed by atoms with Crippen LogP contribution in [-0.2, 0) is 26.1 Å². The van der Waals surface area contributed by atoms with Gasteiger partial charge in [-0.1, -0.05) is 26.0 Å².